The maximum absolute atomic E-state index is 12.0. The zero-order valence-electron chi connectivity index (χ0n) is 11.0. The first kappa shape index (κ1) is 14.5. The molecule has 1 heterocycles. The molecule has 0 bridgehead atoms. The van der Waals surface area contributed by atoms with E-state index in [2.05, 4.69) is 9.71 Å². The molecule has 0 radical (unpaired) electrons. The van der Waals surface area contributed by atoms with Gasteiger partial charge in [-0.25, -0.2) is 8.42 Å². The number of sulfonamides is 1. The number of benzene rings is 1. The second-order valence-corrected chi connectivity index (χ2v) is 6.24. The first-order valence-corrected chi connectivity index (χ1v) is 7.94. The summed E-state index contributed by atoms with van der Waals surface area (Å²) < 4.78 is 26.6. The fraction of sp³-hybridized carbons (Fsp3) is 0.214. The van der Waals surface area contributed by atoms with Crippen LogP contribution in [0.5, 0.6) is 0 Å². The Morgan fingerprint density at radius 3 is 2.70 bits per heavy atom. The summed E-state index contributed by atoms with van der Waals surface area (Å²) >= 11 is 0. The maximum Gasteiger partial charge on any atom is 0.233 e. The summed E-state index contributed by atoms with van der Waals surface area (Å²) in [5.41, 5.74) is 7.71. The predicted molar refractivity (Wildman–Crippen MR) is 79.7 cm³/mol. The normalized spacial score (nSPS) is 11.2. The van der Waals surface area contributed by atoms with Gasteiger partial charge in [-0.05, 0) is 29.8 Å². The van der Waals surface area contributed by atoms with Crippen LogP contribution in [0.15, 0.2) is 48.7 Å². The molecular weight excluding hydrogens is 274 g/mol. The molecule has 0 unspecified atom stereocenters. The van der Waals surface area contributed by atoms with Crippen molar-refractivity contribution in [1.29, 1.82) is 0 Å². The van der Waals surface area contributed by atoms with Gasteiger partial charge in [0.25, 0.3) is 0 Å². The van der Waals surface area contributed by atoms with Crippen molar-refractivity contribution in [1.82, 2.24) is 4.98 Å². The highest BCUT2D eigenvalue weighted by molar-refractivity contribution is 7.92. The molecule has 0 atom stereocenters. The Bertz CT molecular complexity index is 657. The van der Waals surface area contributed by atoms with Gasteiger partial charge in [-0.2, -0.15) is 0 Å². The van der Waals surface area contributed by atoms with E-state index >= 15 is 0 Å². The van der Waals surface area contributed by atoms with Crippen LogP contribution in [0.3, 0.4) is 0 Å². The number of hydrogen-bond donors (Lipinski definition) is 2. The molecule has 0 saturated carbocycles. The lowest BCUT2D eigenvalue weighted by Crippen LogP contribution is -2.18. The third-order valence-electron chi connectivity index (χ3n) is 2.79. The highest BCUT2D eigenvalue weighted by atomic mass is 32.2. The summed E-state index contributed by atoms with van der Waals surface area (Å²) in [5.74, 6) is -0.00311. The number of nitrogens with zero attached hydrogens (tertiary/aromatic N) is 1. The van der Waals surface area contributed by atoms with Gasteiger partial charge in [-0.3, -0.25) is 9.71 Å². The monoisotopic (exact) mass is 291 g/mol. The van der Waals surface area contributed by atoms with Crippen LogP contribution in [0, 0.1) is 0 Å². The molecule has 3 N–H and O–H groups in total. The number of rotatable bonds is 6. The van der Waals surface area contributed by atoms with E-state index in [1.807, 2.05) is 18.2 Å². The van der Waals surface area contributed by atoms with E-state index in [1.165, 1.54) is 0 Å². The quantitative estimate of drug-likeness (QED) is 0.845. The molecule has 106 valence electrons. The molecule has 1 aromatic heterocycles. The van der Waals surface area contributed by atoms with Crippen LogP contribution in [0.2, 0.25) is 0 Å². The van der Waals surface area contributed by atoms with Crippen LogP contribution in [0.1, 0.15) is 11.3 Å². The molecule has 1 aromatic carbocycles. The van der Waals surface area contributed by atoms with Gasteiger partial charge in [0.2, 0.25) is 10.0 Å². The molecule has 0 aliphatic carbocycles. The molecular formula is C14H17N3O2S. The molecule has 2 aromatic rings. The van der Waals surface area contributed by atoms with Crippen LogP contribution in [-0.4, -0.2) is 19.2 Å². The Morgan fingerprint density at radius 1 is 1.15 bits per heavy atom. The second-order valence-electron chi connectivity index (χ2n) is 4.40. The highest BCUT2D eigenvalue weighted by Gasteiger charge is 2.11. The van der Waals surface area contributed by atoms with Gasteiger partial charge in [0.1, 0.15) is 0 Å². The Labute approximate surface area is 118 Å². The van der Waals surface area contributed by atoms with Crippen LogP contribution in [0.25, 0.3) is 0 Å². The Kier molecular flexibility index (Phi) is 4.70. The minimum absolute atomic E-state index is 0.00311. The maximum atomic E-state index is 12.0. The van der Waals surface area contributed by atoms with E-state index < -0.39 is 10.0 Å². The first-order chi connectivity index (χ1) is 9.59. The van der Waals surface area contributed by atoms with E-state index in [0.717, 1.165) is 11.3 Å². The number of anilines is 1. The van der Waals surface area contributed by atoms with Crippen molar-refractivity contribution in [2.75, 3.05) is 10.5 Å². The molecule has 0 aliphatic rings. The van der Waals surface area contributed by atoms with E-state index in [0.29, 0.717) is 18.7 Å². The Balaban J connectivity index is 2.00. The Morgan fingerprint density at radius 2 is 2.00 bits per heavy atom. The van der Waals surface area contributed by atoms with E-state index in [4.69, 9.17) is 5.73 Å². The predicted octanol–water partition coefficient (Wildman–Crippen LogP) is 1.52. The summed E-state index contributed by atoms with van der Waals surface area (Å²) in [6, 6.07) is 12.5. The Hall–Kier alpha value is -1.92. The SMILES string of the molecule is NCc1cccc(NS(=O)(=O)CCc2ccccn2)c1. The fourth-order valence-electron chi connectivity index (χ4n) is 1.78. The van der Waals surface area contributed by atoms with Crippen molar-refractivity contribution in [3.05, 3.63) is 59.9 Å². The molecule has 0 amide bonds. The molecule has 6 heteroatoms. The smallest absolute Gasteiger partial charge is 0.233 e. The van der Waals surface area contributed by atoms with Crippen molar-refractivity contribution >= 4 is 15.7 Å². The van der Waals surface area contributed by atoms with Crippen molar-refractivity contribution in [3.8, 4) is 0 Å². The molecule has 0 spiro atoms. The average Bonchev–Trinajstić information content (AvgIpc) is 2.46. The third-order valence-corrected chi connectivity index (χ3v) is 4.08. The number of hydrogen-bond acceptors (Lipinski definition) is 4. The lowest BCUT2D eigenvalue weighted by Gasteiger charge is -2.08. The topological polar surface area (TPSA) is 85.1 Å². The lowest BCUT2D eigenvalue weighted by molar-refractivity contribution is 0.600. The van der Waals surface area contributed by atoms with Gasteiger partial charge in [0.15, 0.2) is 0 Å². The van der Waals surface area contributed by atoms with Crippen molar-refractivity contribution in [2.24, 2.45) is 5.73 Å². The molecule has 5 nitrogen and oxygen atoms in total. The van der Waals surface area contributed by atoms with Crippen molar-refractivity contribution < 1.29 is 8.42 Å². The summed E-state index contributed by atoms with van der Waals surface area (Å²) in [6.07, 6.45) is 2.03. The highest BCUT2D eigenvalue weighted by Crippen LogP contribution is 2.12. The number of nitrogens with two attached hydrogens (primary N) is 1. The fourth-order valence-corrected chi connectivity index (χ4v) is 2.84. The van der Waals surface area contributed by atoms with Gasteiger partial charge in [-0.1, -0.05) is 18.2 Å². The number of pyridine rings is 1. The van der Waals surface area contributed by atoms with Gasteiger partial charge >= 0.3 is 0 Å². The van der Waals surface area contributed by atoms with Crippen LogP contribution >= 0.6 is 0 Å². The first-order valence-electron chi connectivity index (χ1n) is 6.28. The molecule has 2 rings (SSSR count). The van der Waals surface area contributed by atoms with E-state index in [1.54, 1.807) is 30.5 Å². The van der Waals surface area contributed by atoms with Crippen molar-refractivity contribution in [2.45, 2.75) is 13.0 Å². The third kappa shape index (κ3) is 4.32. The van der Waals surface area contributed by atoms with Gasteiger partial charge in [-0.15, -0.1) is 0 Å². The summed E-state index contributed by atoms with van der Waals surface area (Å²) in [6.45, 7) is 0.378. The zero-order chi connectivity index (χ0) is 14.4. The standard InChI is InChI=1S/C14H17N3O2S/c15-11-12-4-3-6-14(10-12)17-20(18,19)9-7-13-5-1-2-8-16-13/h1-6,8,10,17H,7,9,11,15H2. The van der Waals surface area contributed by atoms with Gasteiger partial charge < -0.3 is 5.73 Å². The summed E-state index contributed by atoms with van der Waals surface area (Å²) in [5, 5.41) is 0. The molecule has 0 fully saturated rings. The van der Waals surface area contributed by atoms with Crippen molar-refractivity contribution in [3.63, 3.8) is 0 Å². The molecule has 0 aliphatic heterocycles. The van der Waals surface area contributed by atoms with E-state index in [-0.39, 0.29) is 5.75 Å². The summed E-state index contributed by atoms with van der Waals surface area (Å²) in [4.78, 5) is 4.11. The number of aryl methyl sites for hydroxylation is 1. The van der Waals surface area contributed by atoms with Gasteiger partial charge in [0.05, 0.1) is 5.75 Å². The number of aromatic nitrogens is 1. The van der Waals surface area contributed by atoms with Crippen LogP contribution in [-0.2, 0) is 23.0 Å². The lowest BCUT2D eigenvalue weighted by atomic mass is 10.2. The average molecular weight is 291 g/mol. The second kappa shape index (κ2) is 6.49. The number of nitrogens with one attached hydrogen (secondary N) is 1. The minimum Gasteiger partial charge on any atom is -0.326 e. The zero-order valence-corrected chi connectivity index (χ0v) is 11.8. The molecule has 20 heavy (non-hydrogen) atoms. The van der Waals surface area contributed by atoms with E-state index in [9.17, 15) is 8.42 Å². The largest absolute Gasteiger partial charge is 0.326 e. The van der Waals surface area contributed by atoms with Crippen LogP contribution in [0.4, 0.5) is 5.69 Å². The molecule has 0 saturated heterocycles. The van der Waals surface area contributed by atoms with Gasteiger partial charge in [0, 0.05) is 30.5 Å². The summed E-state index contributed by atoms with van der Waals surface area (Å²) in [7, 11) is -3.39. The minimum atomic E-state index is -3.39. The van der Waals surface area contributed by atoms with Crippen LogP contribution < -0.4 is 10.5 Å².